The smallest absolute Gasteiger partial charge is 0.302 e. The number of ether oxygens (including phenoxy) is 1. The van der Waals surface area contributed by atoms with Crippen molar-refractivity contribution in [2.24, 2.45) is 5.92 Å². The van der Waals surface area contributed by atoms with E-state index in [2.05, 4.69) is 6.92 Å². The molecule has 2 atom stereocenters. The van der Waals surface area contributed by atoms with Gasteiger partial charge in [-0.2, -0.15) is 0 Å². The second-order valence-electron chi connectivity index (χ2n) is 4.05. The van der Waals surface area contributed by atoms with Crippen LogP contribution in [0.4, 0.5) is 0 Å². The maximum atomic E-state index is 10.8. The normalized spacial score (nSPS) is 28.5. The van der Waals surface area contributed by atoms with Gasteiger partial charge in [0, 0.05) is 6.92 Å². The van der Waals surface area contributed by atoms with Gasteiger partial charge in [-0.3, -0.25) is 4.79 Å². The molecule has 0 N–H and O–H groups in total. The molecule has 0 spiro atoms. The zero-order valence-electron chi connectivity index (χ0n) is 8.71. The van der Waals surface area contributed by atoms with Crippen molar-refractivity contribution in [2.45, 2.75) is 58.5 Å². The lowest BCUT2D eigenvalue weighted by Gasteiger charge is -2.28. The first kappa shape index (κ1) is 10.6. The maximum Gasteiger partial charge on any atom is 0.302 e. The highest BCUT2D eigenvalue weighted by atomic mass is 16.5. The lowest BCUT2D eigenvalue weighted by atomic mass is 9.84. The summed E-state index contributed by atoms with van der Waals surface area (Å²) in [6, 6.07) is 0. The van der Waals surface area contributed by atoms with Crippen molar-refractivity contribution >= 4 is 5.97 Å². The van der Waals surface area contributed by atoms with Crippen molar-refractivity contribution in [1.82, 2.24) is 0 Å². The van der Waals surface area contributed by atoms with Gasteiger partial charge in [0.15, 0.2) is 0 Å². The fourth-order valence-corrected chi connectivity index (χ4v) is 2.25. The zero-order chi connectivity index (χ0) is 9.68. The van der Waals surface area contributed by atoms with Crippen LogP contribution in [0, 0.1) is 5.92 Å². The molecule has 13 heavy (non-hydrogen) atoms. The van der Waals surface area contributed by atoms with Gasteiger partial charge in [0.1, 0.15) is 6.10 Å². The van der Waals surface area contributed by atoms with Crippen molar-refractivity contribution in [3.63, 3.8) is 0 Å². The van der Waals surface area contributed by atoms with E-state index in [9.17, 15) is 4.79 Å². The van der Waals surface area contributed by atoms with Gasteiger partial charge in [-0.1, -0.05) is 26.2 Å². The van der Waals surface area contributed by atoms with Crippen LogP contribution in [0.3, 0.4) is 0 Å². The van der Waals surface area contributed by atoms with Crippen LogP contribution in [0.5, 0.6) is 0 Å². The highest BCUT2D eigenvalue weighted by Gasteiger charge is 2.22. The van der Waals surface area contributed by atoms with Gasteiger partial charge in [0.25, 0.3) is 0 Å². The highest BCUT2D eigenvalue weighted by Crippen LogP contribution is 2.29. The van der Waals surface area contributed by atoms with E-state index >= 15 is 0 Å². The molecule has 2 unspecified atom stereocenters. The Hall–Kier alpha value is -0.530. The van der Waals surface area contributed by atoms with E-state index in [-0.39, 0.29) is 12.1 Å². The van der Waals surface area contributed by atoms with Gasteiger partial charge in [0.2, 0.25) is 0 Å². The molecule has 1 aliphatic rings. The largest absolute Gasteiger partial charge is 0.463 e. The minimum absolute atomic E-state index is 0.123. The summed E-state index contributed by atoms with van der Waals surface area (Å²) >= 11 is 0. The van der Waals surface area contributed by atoms with E-state index in [1.54, 1.807) is 0 Å². The Morgan fingerprint density at radius 3 is 2.85 bits per heavy atom. The van der Waals surface area contributed by atoms with Crippen molar-refractivity contribution in [3.8, 4) is 0 Å². The second kappa shape index (κ2) is 5.25. The molecule has 1 rings (SSSR count). The van der Waals surface area contributed by atoms with Crippen molar-refractivity contribution in [1.29, 1.82) is 0 Å². The first-order valence-corrected chi connectivity index (χ1v) is 5.39. The van der Waals surface area contributed by atoms with Gasteiger partial charge in [0.05, 0.1) is 0 Å². The Morgan fingerprint density at radius 2 is 2.23 bits per heavy atom. The van der Waals surface area contributed by atoms with E-state index < -0.39 is 0 Å². The molecule has 0 aromatic heterocycles. The number of carbonyl (C=O) groups is 1. The lowest BCUT2D eigenvalue weighted by Crippen LogP contribution is -2.24. The molecule has 0 heterocycles. The predicted molar refractivity (Wildman–Crippen MR) is 52.4 cm³/mol. The fraction of sp³-hybridized carbons (Fsp3) is 0.909. The first-order chi connectivity index (χ1) is 6.22. The van der Waals surface area contributed by atoms with Gasteiger partial charge in [-0.15, -0.1) is 0 Å². The number of hydrogen-bond acceptors (Lipinski definition) is 2. The molecule has 0 radical (unpaired) electrons. The van der Waals surface area contributed by atoms with Crippen LogP contribution in [0.15, 0.2) is 0 Å². The van der Waals surface area contributed by atoms with Crippen LogP contribution in [-0.2, 0) is 9.53 Å². The average molecular weight is 184 g/mol. The van der Waals surface area contributed by atoms with Crippen LogP contribution in [-0.4, -0.2) is 12.1 Å². The maximum absolute atomic E-state index is 10.8. The third-order valence-corrected chi connectivity index (χ3v) is 2.76. The van der Waals surface area contributed by atoms with E-state index in [1.807, 2.05) is 0 Å². The Kier molecular flexibility index (Phi) is 4.26. The van der Waals surface area contributed by atoms with Gasteiger partial charge >= 0.3 is 5.97 Å². The lowest BCUT2D eigenvalue weighted by molar-refractivity contribution is -0.148. The van der Waals surface area contributed by atoms with Crippen molar-refractivity contribution in [2.75, 3.05) is 0 Å². The molecule has 1 fully saturated rings. The fourth-order valence-electron chi connectivity index (χ4n) is 2.25. The molecule has 0 amide bonds. The molecule has 2 nitrogen and oxygen atoms in total. The minimum Gasteiger partial charge on any atom is -0.463 e. The van der Waals surface area contributed by atoms with Crippen molar-refractivity contribution in [3.05, 3.63) is 0 Å². The molecular weight excluding hydrogens is 164 g/mol. The van der Waals surface area contributed by atoms with Gasteiger partial charge in [-0.05, 0) is 25.2 Å². The number of hydrogen-bond donors (Lipinski definition) is 0. The van der Waals surface area contributed by atoms with E-state index in [0.717, 1.165) is 18.8 Å². The van der Waals surface area contributed by atoms with E-state index in [0.29, 0.717) is 0 Å². The van der Waals surface area contributed by atoms with E-state index in [1.165, 1.54) is 32.6 Å². The summed E-state index contributed by atoms with van der Waals surface area (Å²) in [6.45, 7) is 3.72. The van der Waals surface area contributed by atoms with Crippen molar-refractivity contribution < 1.29 is 9.53 Å². The SMILES string of the molecule is CCCC1CCCC(OC(C)=O)C1. The standard InChI is InChI=1S/C11H20O2/c1-3-5-10-6-4-7-11(8-10)13-9(2)12/h10-11H,3-8H2,1-2H3. The summed E-state index contributed by atoms with van der Waals surface area (Å²) in [5, 5.41) is 0. The quantitative estimate of drug-likeness (QED) is 0.630. The monoisotopic (exact) mass is 184 g/mol. The van der Waals surface area contributed by atoms with Crippen LogP contribution in [0.2, 0.25) is 0 Å². The third-order valence-electron chi connectivity index (χ3n) is 2.76. The van der Waals surface area contributed by atoms with Crippen LogP contribution < -0.4 is 0 Å². The molecule has 0 bridgehead atoms. The predicted octanol–water partition coefficient (Wildman–Crippen LogP) is 2.91. The molecule has 1 aliphatic carbocycles. The van der Waals surface area contributed by atoms with E-state index in [4.69, 9.17) is 4.74 Å². The third kappa shape index (κ3) is 3.79. The van der Waals surface area contributed by atoms with Gasteiger partial charge < -0.3 is 4.74 Å². The molecule has 0 aromatic rings. The van der Waals surface area contributed by atoms with Crippen LogP contribution in [0.1, 0.15) is 52.4 Å². The molecule has 0 saturated heterocycles. The average Bonchev–Trinajstić information content (AvgIpc) is 2.04. The van der Waals surface area contributed by atoms with Crippen LogP contribution in [0.25, 0.3) is 0 Å². The molecular formula is C11H20O2. The topological polar surface area (TPSA) is 26.3 Å². The Balaban J connectivity index is 2.28. The summed E-state index contributed by atoms with van der Waals surface area (Å²) in [5.74, 6) is 0.672. The summed E-state index contributed by atoms with van der Waals surface area (Å²) in [5.41, 5.74) is 0. The Bertz CT molecular complexity index is 163. The zero-order valence-corrected chi connectivity index (χ0v) is 8.71. The Morgan fingerprint density at radius 1 is 1.46 bits per heavy atom. The summed E-state index contributed by atoms with van der Waals surface area (Å²) < 4.78 is 5.23. The van der Waals surface area contributed by atoms with Crippen LogP contribution >= 0.6 is 0 Å². The molecule has 76 valence electrons. The summed E-state index contributed by atoms with van der Waals surface area (Å²) in [4.78, 5) is 10.8. The second-order valence-corrected chi connectivity index (χ2v) is 4.05. The molecule has 0 aliphatic heterocycles. The number of rotatable bonds is 3. The number of carbonyl (C=O) groups excluding carboxylic acids is 1. The summed E-state index contributed by atoms with van der Waals surface area (Å²) in [7, 11) is 0. The number of esters is 1. The molecule has 1 saturated carbocycles. The minimum atomic E-state index is -0.123. The van der Waals surface area contributed by atoms with Gasteiger partial charge in [-0.25, -0.2) is 0 Å². The highest BCUT2D eigenvalue weighted by molar-refractivity contribution is 5.66. The first-order valence-electron chi connectivity index (χ1n) is 5.39. The Labute approximate surface area is 80.7 Å². The summed E-state index contributed by atoms with van der Waals surface area (Å²) in [6.07, 6.45) is 7.46. The molecule has 0 aromatic carbocycles. The molecule has 2 heteroatoms.